The molecule has 0 aromatic heterocycles. The van der Waals surface area contributed by atoms with Gasteiger partial charge in [-0.05, 0) is 97.4 Å². The third-order valence-corrected chi connectivity index (χ3v) is 14.5. The minimum Gasteiger partial charge on any atom is -0.481 e. The maximum Gasteiger partial charge on any atom is 0.303 e. The van der Waals surface area contributed by atoms with E-state index in [1.807, 2.05) is 36.4 Å². The van der Waals surface area contributed by atoms with Crippen LogP contribution in [0.4, 0.5) is 11.4 Å². The van der Waals surface area contributed by atoms with E-state index in [0.717, 1.165) is 49.7 Å². The number of unbranched alkanes of at least 4 members (excludes halogenated alkanes) is 6. The SMILES string of the molecule is CN1c2ccccc2C(NCCCCCCC(=O)O)c2ccc(Cl)cc2S1(=O)=O.CN1c2ccccc2C(NCCCCCCC(=O)O)c2ccc(Cl)cc2S1(=O)=O. The molecule has 2 unspecified atom stereocenters. The number of para-hydroxylation sites is 2. The summed E-state index contributed by atoms with van der Waals surface area (Å²) in [6.45, 7) is 1.38. The summed E-state index contributed by atoms with van der Waals surface area (Å²) >= 11 is 12.2. The normalized spacial score (nSPS) is 17.3. The number of benzene rings is 4. The minimum atomic E-state index is -3.72. The van der Waals surface area contributed by atoms with E-state index in [-0.39, 0.29) is 34.7 Å². The summed E-state index contributed by atoms with van der Waals surface area (Å²) in [6, 6.07) is 24.4. The van der Waals surface area contributed by atoms with Crippen molar-refractivity contribution in [3.63, 3.8) is 0 Å². The molecule has 0 aliphatic carbocycles. The van der Waals surface area contributed by atoms with Gasteiger partial charge >= 0.3 is 11.9 Å². The minimum absolute atomic E-state index is 0.196. The second kappa shape index (κ2) is 20.2. The van der Waals surface area contributed by atoms with E-state index in [9.17, 15) is 26.4 Å². The van der Waals surface area contributed by atoms with E-state index < -0.39 is 32.0 Å². The van der Waals surface area contributed by atoms with Crippen LogP contribution in [0.5, 0.6) is 0 Å². The molecule has 4 aromatic carbocycles. The van der Waals surface area contributed by atoms with Crippen LogP contribution in [-0.2, 0) is 29.6 Å². The summed E-state index contributed by atoms with van der Waals surface area (Å²) in [4.78, 5) is 21.6. The molecule has 0 radical (unpaired) electrons. The predicted molar refractivity (Wildman–Crippen MR) is 228 cm³/mol. The number of nitrogens with one attached hydrogen (secondary N) is 2. The second-order valence-corrected chi connectivity index (χ2v) is 19.1. The van der Waals surface area contributed by atoms with Crippen molar-refractivity contribution in [3.8, 4) is 0 Å². The zero-order valence-corrected chi connectivity index (χ0v) is 35.7. The molecule has 4 aromatic rings. The van der Waals surface area contributed by atoms with Crippen LogP contribution in [0, 0.1) is 0 Å². The van der Waals surface area contributed by atoms with Crippen molar-refractivity contribution < 1.29 is 36.6 Å². The highest BCUT2D eigenvalue weighted by atomic mass is 35.5. The summed E-state index contributed by atoms with van der Waals surface area (Å²) in [7, 11) is -4.33. The summed E-state index contributed by atoms with van der Waals surface area (Å²) in [5.41, 5.74) is 4.42. The van der Waals surface area contributed by atoms with Crippen LogP contribution in [0.1, 0.15) is 98.5 Å². The van der Waals surface area contributed by atoms with Gasteiger partial charge in [0.15, 0.2) is 0 Å². The molecule has 2 aliphatic rings. The standard InChI is InChI=1S/2C21H25ClN2O4S/c2*1-24-18-9-6-5-8-16(18)21(23-13-7-3-2-4-10-20(25)26)17-12-11-15(22)14-19(17)29(24,27)28/h2*5-6,8-9,11-12,14,21,23H,2-4,7,10,13H2,1H3,(H,25,26). The van der Waals surface area contributed by atoms with Crippen molar-refractivity contribution in [2.24, 2.45) is 0 Å². The Morgan fingerprint density at radius 3 is 1.29 bits per heavy atom. The monoisotopic (exact) mass is 872 g/mol. The van der Waals surface area contributed by atoms with E-state index in [4.69, 9.17) is 33.4 Å². The number of aliphatic carboxylic acids is 2. The first-order valence-electron chi connectivity index (χ1n) is 19.3. The Labute approximate surface area is 351 Å². The summed E-state index contributed by atoms with van der Waals surface area (Å²) in [6.07, 6.45) is 7.05. The number of nitrogens with zero attached hydrogens (tertiary/aromatic N) is 2. The maximum atomic E-state index is 13.2. The largest absolute Gasteiger partial charge is 0.481 e. The van der Waals surface area contributed by atoms with Crippen LogP contribution in [0.15, 0.2) is 94.7 Å². The molecule has 0 spiro atoms. The van der Waals surface area contributed by atoms with Gasteiger partial charge in [0.05, 0.1) is 33.2 Å². The van der Waals surface area contributed by atoms with Gasteiger partial charge in [-0.1, -0.05) is 97.4 Å². The van der Waals surface area contributed by atoms with Crippen LogP contribution < -0.4 is 19.2 Å². The molecule has 6 rings (SSSR count). The topological polar surface area (TPSA) is 173 Å². The van der Waals surface area contributed by atoms with Crippen molar-refractivity contribution >= 4 is 66.6 Å². The van der Waals surface area contributed by atoms with Gasteiger partial charge in [-0.3, -0.25) is 18.2 Å². The number of hydrogen-bond donors (Lipinski definition) is 4. The third kappa shape index (κ3) is 10.7. The fourth-order valence-corrected chi connectivity index (χ4v) is 10.7. The molecule has 0 fully saturated rings. The van der Waals surface area contributed by atoms with Crippen molar-refractivity contribution in [1.82, 2.24) is 10.6 Å². The highest BCUT2D eigenvalue weighted by Gasteiger charge is 2.36. The van der Waals surface area contributed by atoms with Gasteiger partial charge in [0.1, 0.15) is 0 Å². The first kappa shape index (κ1) is 44.9. The Balaban J connectivity index is 0.000000221. The van der Waals surface area contributed by atoms with Crippen molar-refractivity contribution in [1.29, 1.82) is 0 Å². The zero-order chi connectivity index (χ0) is 42.0. The van der Waals surface area contributed by atoms with Gasteiger partial charge in [-0.15, -0.1) is 0 Å². The lowest BCUT2D eigenvalue weighted by atomic mass is 9.96. The Bertz CT molecular complexity index is 2150. The van der Waals surface area contributed by atoms with Gasteiger partial charge in [0, 0.05) is 37.0 Å². The number of sulfonamides is 2. The third-order valence-electron chi connectivity index (χ3n) is 10.4. The number of rotatable bonds is 16. The van der Waals surface area contributed by atoms with Gasteiger partial charge in [-0.25, -0.2) is 16.8 Å². The summed E-state index contributed by atoms with van der Waals surface area (Å²) in [5, 5.41) is 25.2. The highest BCUT2D eigenvalue weighted by Crippen LogP contribution is 2.42. The van der Waals surface area contributed by atoms with Gasteiger partial charge in [-0.2, -0.15) is 0 Å². The van der Waals surface area contributed by atoms with E-state index in [1.54, 1.807) is 50.5 Å². The predicted octanol–water partition coefficient (Wildman–Crippen LogP) is 8.39. The van der Waals surface area contributed by atoms with Crippen LogP contribution in [0.3, 0.4) is 0 Å². The van der Waals surface area contributed by atoms with Gasteiger partial charge in [0.2, 0.25) is 0 Å². The van der Waals surface area contributed by atoms with E-state index in [1.165, 1.54) is 20.7 Å². The van der Waals surface area contributed by atoms with Crippen LogP contribution in [0.25, 0.3) is 0 Å². The van der Waals surface area contributed by atoms with Crippen molar-refractivity contribution in [2.75, 3.05) is 35.8 Å². The number of anilines is 2. The molecule has 0 amide bonds. The van der Waals surface area contributed by atoms with E-state index in [0.29, 0.717) is 58.5 Å². The average molecular weight is 874 g/mol. The maximum absolute atomic E-state index is 13.2. The number of carboxylic acid groups (broad SMARTS) is 2. The van der Waals surface area contributed by atoms with Crippen LogP contribution in [-0.4, -0.2) is 66.2 Å². The number of carboxylic acids is 2. The molecule has 0 bridgehead atoms. The fraction of sp³-hybridized carbons (Fsp3) is 0.381. The lowest BCUT2D eigenvalue weighted by Gasteiger charge is -2.22. The van der Waals surface area contributed by atoms with Crippen LogP contribution >= 0.6 is 23.2 Å². The average Bonchev–Trinajstić information content (AvgIpc) is 3.30. The Hall–Kier alpha value is -4.18. The number of carbonyl (C=O) groups is 2. The molecule has 2 heterocycles. The molecular formula is C42H50Cl2N4O8S2. The molecular weight excluding hydrogens is 824 g/mol. The van der Waals surface area contributed by atoms with Gasteiger partial charge < -0.3 is 20.8 Å². The Kier molecular flexibility index (Phi) is 15.6. The lowest BCUT2D eigenvalue weighted by molar-refractivity contribution is -0.138. The lowest BCUT2D eigenvalue weighted by Crippen LogP contribution is -2.26. The van der Waals surface area contributed by atoms with E-state index in [2.05, 4.69) is 10.6 Å². The molecule has 312 valence electrons. The molecule has 16 heteroatoms. The zero-order valence-electron chi connectivity index (χ0n) is 32.5. The number of hydrogen-bond acceptors (Lipinski definition) is 8. The molecule has 4 N–H and O–H groups in total. The molecule has 2 aliphatic heterocycles. The quantitative estimate of drug-likeness (QED) is 0.0802. The van der Waals surface area contributed by atoms with E-state index >= 15 is 0 Å². The first-order chi connectivity index (χ1) is 27.6. The van der Waals surface area contributed by atoms with Crippen molar-refractivity contribution in [2.45, 2.75) is 86.1 Å². The summed E-state index contributed by atoms with van der Waals surface area (Å²) in [5.74, 6) is -1.53. The fourth-order valence-electron chi connectivity index (χ4n) is 7.31. The molecule has 2 atom stereocenters. The summed E-state index contributed by atoms with van der Waals surface area (Å²) < 4.78 is 55.3. The Morgan fingerprint density at radius 1 is 0.552 bits per heavy atom. The smallest absolute Gasteiger partial charge is 0.303 e. The van der Waals surface area contributed by atoms with Gasteiger partial charge in [0.25, 0.3) is 20.0 Å². The highest BCUT2D eigenvalue weighted by molar-refractivity contribution is 7.93. The molecule has 0 saturated heterocycles. The molecule has 0 saturated carbocycles. The van der Waals surface area contributed by atoms with Crippen molar-refractivity contribution in [3.05, 3.63) is 117 Å². The van der Waals surface area contributed by atoms with Crippen LogP contribution in [0.2, 0.25) is 10.0 Å². The molecule has 58 heavy (non-hydrogen) atoms. The first-order valence-corrected chi connectivity index (χ1v) is 22.9. The number of fused-ring (bicyclic) bond motifs is 4. The Morgan fingerprint density at radius 2 is 0.914 bits per heavy atom. The second-order valence-electron chi connectivity index (χ2n) is 14.3. The number of halogens is 2. The molecule has 12 nitrogen and oxygen atoms in total.